The zero-order valence-corrected chi connectivity index (χ0v) is 11.5. The molecule has 0 unspecified atom stereocenters. The summed E-state index contributed by atoms with van der Waals surface area (Å²) in [6.45, 7) is 0. The van der Waals surface area contributed by atoms with Crippen molar-refractivity contribution in [3.63, 3.8) is 0 Å². The van der Waals surface area contributed by atoms with E-state index in [0.29, 0.717) is 18.4 Å². The van der Waals surface area contributed by atoms with Gasteiger partial charge in [0.05, 0.1) is 5.69 Å². The monoisotopic (exact) mass is 292 g/mol. The number of primary amides is 1. The number of benzene rings is 1. The molecule has 4 N–H and O–H groups in total. The zero-order valence-electron chi connectivity index (χ0n) is 11.5. The Balaban J connectivity index is 2.13. The molecule has 21 heavy (non-hydrogen) atoms. The van der Waals surface area contributed by atoms with E-state index >= 15 is 0 Å². The van der Waals surface area contributed by atoms with Crippen molar-refractivity contribution < 1.29 is 14.8 Å². The van der Waals surface area contributed by atoms with E-state index in [2.05, 4.69) is 5.32 Å². The molecule has 2 amide bonds. The first kappa shape index (κ1) is 15.3. The van der Waals surface area contributed by atoms with E-state index in [1.165, 1.54) is 24.3 Å². The number of hydrogen-bond donors (Lipinski definition) is 3. The van der Waals surface area contributed by atoms with Crippen LogP contribution in [-0.2, 0) is 4.79 Å². The minimum absolute atomic E-state index is 0.0221. The van der Waals surface area contributed by atoms with E-state index in [9.17, 15) is 14.8 Å². The summed E-state index contributed by atoms with van der Waals surface area (Å²) in [5.74, 6) is -0.939. The van der Waals surface area contributed by atoms with Crippen LogP contribution < -0.4 is 16.3 Å². The Hall–Kier alpha value is -2.12. The van der Waals surface area contributed by atoms with Crippen molar-refractivity contribution in [1.29, 1.82) is 0 Å². The van der Waals surface area contributed by atoms with Gasteiger partial charge in [-0.2, -0.15) is 0 Å². The van der Waals surface area contributed by atoms with E-state index < -0.39 is 17.4 Å². The van der Waals surface area contributed by atoms with Crippen molar-refractivity contribution in [3.05, 3.63) is 35.0 Å². The maximum Gasteiger partial charge on any atom is 0.252 e. The Kier molecular flexibility index (Phi) is 4.44. The third kappa shape index (κ3) is 3.32. The quantitative estimate of drug-likeness (QED) is 0.723. The zero-order chi connectivity index (χ0) is 15.5. The van der Waals surface area contributed by atoms with E-state index in [0.717, 1.165) is 19.3 Å². The average Bonchev–Trinajstić information content (AvgIpc) is 2.48. The SMILES string of the molecule is NC(=O)C1(NC(=O)c2ccc(N([O-])O)cc2)CCCCC1. The number of hydrogen-bond acceptors (Lipinski definition) is 5. The molecule has 1 saturated carbocycles. The summed E-state index contributed by atoms with van der Waals surface area (Å²) in [6, 6.07) is 5.45. The van der Waals surface area contributed by atoms with Crippen LogP contribution in [0.4, 0.5) is 5.69 Å². The third-order valence-corrected chi connectivity index (χ3v) is 3.88. The van der Waals surface area contributed by atoms with Gasteiger partial charge in [0.15, 0.2) is 0 Å². The molecule has 0 saturated heterocycles. The second-order valence-electron chi connectivity index (χ2n) is 5.28. The van der Waals surface area contributed by atoms with Gasteiger partial charge < -0.3 is 21.5 Å². The molecule has 0 radical (unpaired) electrons. The van der Waals surface area contributed by atoms with Crippen molar-refractivity contribution in [2.24, 2.45) is 5.73 Å². The molecular weight excluding hydrogens is 274 g/mol. The van der Waals surface area contributed by atoms with Gasteiger partial charge in [0.2, 0.25) is 5.91 Å². The second kappa shape index (κ2) is 6.11. The average molecular weight is 292 g/mol. The number of nitrogens with one attached hydrogen (secondary N) is 1. The van der Waals surface area contributed by atoms with Crippen LogP contribution >= 0.6 is 0 Å². The van der Waals surface area contributed by atoms with Gasteiger partial charge in [-0.05, 0) is 37.1 Å². The summed E-state index contributed by atoms with van der Waals surface area (Å²) in [5, 5.41) is 21.9. The second-order valence-corrected chi connectivity index (χ2v) is 5.28. The molecule has 1 aliphatic rings. The molecule has 0 atom stereocenters. The lowest BCUT2D eigenvalue weighted by molar-refractivity contribution is -0.125. The standard InChI is InChI=1S/C14H18N3O4/c15-13(19)14(8-2-1-3-9-14)16-12(18)10-4-6-11(7-5-10)17(20)21/h4-7,20H,1-3,8-9H2,(H2,15,19)(H,16,18)/q-1. The van der Waals surface area contributed by atoms with Crippen molar-refractivity contribution in [3.8, 4) is 0 Å². The maximum atomic E-state index is 12.2. The molecule has 2 rings (SSSR count). The molecule has 7 heteroatoms. The fraction of sp³-hybridized carbons (Fsp3) is 0.429. The van der Waals surface area contributed by atoms with Gasteiger partial charge in [0.1, 0.15) is 5.54 Å². The summed E-state index contributed by atoms with van der Waals surface area (Å²) in [7, 11) is 0. The highest BCUT2D eigenvalue weighted by molar-refractivity contribution is 5.99. The molecule has 1 aromatic carbocycles. The molecule has 114 valence electrons. The minimum atomic E-state index is -0.991. The summed E-state index contributed by atoms with van der Waals surface area (Å²) in [4.78, 5) is 23.9. The van der Waals surface area contributed by atoms with Gasteiger partial charge in [-0.3, -0.25) is 14.8 Å². The van der Waals surface area contributed by atoms with Crippen molar-refractivity contribution in [2.45, 2.75) is 37.6 Å². The van der Waals surface area contributed by atoms with Gasteiger partial charge in [0, 0.05) is 5.56 Å². The number of nitrogens with zero attached hydrogens (tertiary/aromatic N) is 1. The Morgan fingerprint density at radius 3 is 2.24 bits per heavy atom. The molecule has 1 aliphatic carbocycles. The molecule has 1 aromatic rings. The van der Waals surface area contributed by atoms with Crippen molar-refractivity contribution >= 4 is 17.5 Å². The molecule has 1 fully saturated rings. The minimum Gasteiger partial charge on any atom is -0.733 e. The summed E-state index contributed by atoms with van der Waals surface area (Å²) < 4.78 is 0. The van der Waals surface area contributed by atoms with Crippen molar-refractivity contribution in [2.75, 3.05) is 5.23 Å². The predicted octanol–water partition coefficient (Wildman–Crippen LogP) is 1.30. The number of rotatable bonds is 4. The normalized spacial score (nSPS) is 17.0. The fourth-order valence-electron chi connectivity index (χ4n) is 2.62. The first-order chi connectivity index (χ1) is 9.94. The van der Waals surface area contributed by atoms with Crippen LogP contribution in [0.2, 0.25) is 0 Å². The maximum absolute atomic E-state index is 12.2. The van der Waals surface area contributed by atoms with E-state index in [4.69, 9.17) is 10.9 Å². The highest BCUT2D eigenvalue weighted by Crippen LogP contribution is 2.28. The number of amides is 2. The molecule has 0 aromatic heterocycles. The first-order valence-electron chi connectivity index (χ1n) is 6.83. The van der Waals surface area contributed by atoms with Gasteiger partial charge in [-0.15, -0.1) is 0 Å². The molecule has 7 nitrogen and oxygen atoms in total. The number of anilines is 1. The van der Waals surface area contributed by atoms with Crippen LogP contribution in [0.3, 0.4) is 0 Å². The molecule has 0 bridgehead atoms. The topological polar surface area (TPSA) is 119 Å². The molecule has 0 aliphatic heterocycles. The number of carbonyl (C=O) groups excluding carboxylic acids is 2. The van der Waals surface area contributed by atoms with Crippen LogP contribution in [0, 0.1) is 5.21 Å². The Morgan fingerprint density at radius 2 is 1.76 bits per heavy atom. The van der Waals surface area contributed by atoms with Crippen LogP contribution in [-0.4, -0.2) is 22.6 Å². The number of nitrogens with two attached hydrogens (primary N) is 1. The van der Waals surface area contributed by atoms with E-state index in [-0.39, 0.29) is 10.9 Å². The molecular formula is C14H18N3O4-. The van der Waals surface area contributed by atoms with Gasteiger partial charge in [-0.1, -0.05) is 19.3 Å². The highest BCUT2D eigenvalue weighted by atomic mass is 16.8. The van der Waals surface area contributed by atoms with Crippen LogP contribution in [0.1, 0.15) is 42.5 Å². The Bertz CT molecular complexity index is 522. The largest absolute Gasteiger partial charge is 0.733 e. The van der Waals surface area contributed by atoms with Gasteiger partial charge in [0.25, 0.3) is 5.91 Å². The summed E-state index contributed by atoms with van der Waals surface area (Å²) >= 11 is 0. The Labute approximate surface area is 122 Å². The molecule has 0 spiro atoms. The smallest absolute Gasteiger partial charge is 0.252 e. The van der Waals surface area contributed by atoms with Crippen LogP contribution in [0.15, 0.2) is 24.3 Å². The van der Waals surface area contributed by atoms with E-state index in [1.807, 2.05) is 0 Å². The molecule has 0 heterocycles. The summed E-state index contributed by atoms with van der Waals surface area (Å²) in [6.07, 6.45) is 3.79. The van der Waals surface area contributed by atoms with Crippen LogP contribution in [0.25, 0.3) is 0 Å². The van der Waals surface area contributed by atoms with Crippen LogP contribution in [0.5, 0.6) is 0 Å². The Morgan fingerprint density at radius 1 is 1.19 bits per heavy atom. The lowest BCUT2D eigenvalue weighted by atomic mass is 9.81. The first-order valence-corrected chi connectivity index (χ1v) is 6.83. The van der Waals surface area contributed by atoms with Crippen molar-refractivity contribution in [1.82, 2.24) is 5.32 Å². The predicted molar refractivity (Wildman–Crippen MR) is 76.6 cm³/mol. The van der Waals surface area contributed by atoms with Gasteiger partial charge >= 0.3 is 0 Å². The van der Waals surface area contributed by atoms with E-state index in [1.54, 1.807) is 0 Å². The van der Waals surface area contributed by atoms with Gasteiger partial charge in [-0.25, -0.2) is 0 Å². The summed E-state index contributed by atoms with van der Waals surface area (Å²) in [5.41, 5.74) is 4.79. The lowest BCUT2D eigenvalue weighted by Crippen LogP contribution is -2.58. The number of carbonyl (C=O) groups is 2. The third-order valence-electron chi connectivity index (χ3n) is 3.88. The lowest BCUT2D eigenvalue weighted by Gasteiger charge is -2.35. The fourth-order valence-corrected chi connectivity index (χ4v) is 2.62. The highest BCUT2D eigenvalue weighted by Gasteiger charge is 2.39.